The highest BCUT2D eigenvalue weighted by Crippen LogP contribution is 2.03. The van der Waals surface area contributed by atoms with E-state index in [0.29, 0.717) is 0 Å². The summed E-state index contributed by atoms with van der Waals surface area (Å²) in [7, 11) is 2.00. The Morgan fingerprint density at radius 1 is 1.40 bits per heavy atom. The van der Waals surface area contributed by atoms with Gasteiger partial charge in [-0.15, -0.1) is 0 Å². The van der Waals surface area contributed by atoms with Crippen LogP contribution in [0.3, 0.4) is 0 Å². The predicted molar refractivity (Wildman–Crippen MR) is 57.3 cm³/mol. The fourth-order valence-corrected chi connectivity index (χ4v) is 1.59. The number of aliphatic hydroxyl groups excluding tert-OH is 1. The van der Waals surface area contributed by atoms with Gasteiger partial charge in [0.1, 0.15) is 5.82 Å². The van der Waals surface area contributed by atoms with Crippen molar-refractivity contribution in [2.75, 3.05) is 0 Å². The molecule has 0 amide bonds. The Bertz CT molecular complexity index is 430. The van der Waals surface area contributed by atoms with Gasteiger partial charge in [0.05, 0.1) is 6.61 Å². The van der Waals surface area contributed by atoms with Crippen molar-refractivity contribution in [3.8, 4) is 0 Å². The van der Waals surface area contributed by atoms with Gasteiger partial charge in [-0.05, 0) is 11.6 Å². The Morgan fingerprint density at radius 2 is 2.27 bits per heavy atom. The molecule has 15 heavy (non-hydrogen) atoms. The summed E-state index contributed by atoms with van der Waals surface area (Å²) in [5.74, 6) is 1.08. The molecule has 0 aliphatic carbocycles. The van der Waals surface area contributed by atoms with Gasteiger partial charge < -0.3 is 14.2 Å². The Kier molecular flexibility index (Phi) is 2.87. The number of imidazole rings is 1. The van der Waals surface area contributed by atoms with E-state index in [0.717, 1.165) is 24.4 Å². The molecule has 4 heteroatoms. The molecule has 2 rings (SSSR count). The van der Waals surface area contributed by atoms with Crippen molar-refractivity contribution >= 4 is 0 Å². The highest BCUT2D eigenvalue weighted by atomic mass is 16.3. The summed E-state index contributed by atoms with van der Waals surface area (Å²) in [4.78, 5) is 4.26. The van der Waals surface area contributed by atoms with Gasteiger partial charge in [-0.1, -0.05) is 0 Å². The first-order chi connectivity index (χ1) is 7.29. The Labute approximate surface area is 88.8 Å². The molecule has 0 unspecified atom stereocenters. The van der Waals surface area contributed by atoms with Crippen molar-refractivity contribution in [1.29, 1.82) is 0 Å². The molecule has 0 bridgehead atoms. The Morgan fingerprint density at radius 3 is 2.87 bits per heavy atom. The zero-order valence-electron chi connectivity index (χ0n) is 8.80. The van der Waals surface area contributed by atoms with Crippen LogP contribution in [0.5, 0.6) is 0 Å². The molecular weight excluding hydrogens is 190 g/mol. The van der Waals surface area contributed by atoms with Gasteiger partial charge in [-0.3, -0.25) is 0 Å². The molecule has 2 heterocycles. The summed E-state index contributed by atoms with van der Waals surface area (Å²) >= 11 is 0. The highest BCUT2D eigenvalue weighted by molar-refractivity contribution is 5.08. The average molecular weight is 205 g/mol. The Hall–Kier alpha value is -1.55. The molecule has 80 valence electrons. The predicted octanol–water partition coefficient (Wildman–Crippen LogP) is 0.957. The van der Waals surface area contributed by atoms with Crippen LogP contribution < -0.4 is 0 Å². The van der Waals surface area contributed by atoms with E-state index in [1.807, 2.05) is 42.5 Å². The average Bonchev–Trinajstić information content (AvgIpc) is 2.84. The van der Waals surface area contributed by atoms with Crippen molar-refractivity contribution in [2.45, 2.75) is 19.6 Å². The quantitative estimate of drug-likeness (QED) is 0.807. The minimum atomic E-state index is 0.107. The number of hydrogen-bond donors (Lipinski definition) is 1. The van der Waals surface area contributed by atoms with Crippen LogP contribution in [0.4, 0.5) is 0 Å². The van der Waals surface area contributed by atoms with Crippen LogP contribution in [0, 0.1) is 0 Å². The number of aromatic nitrogens is 3. The van der Waals surface area contributed by atoms with Gasteiger partial charge in [0.2, 0.25) is 0 Å². The highest BCUT2D eigenvalue weighted by Gasteiger charge is 2.00. The van der Waals surface area contributed by atoms with Crippen LogP contribution in [-0.2, 0) is 26.6 Å². The van der Waals surface area contributed by atoms with E-state index in [2.05, 4.69) is 9.55 Å². The summed E-state index contributed by atoms with van der Waals surface area (Å²) in [5, 5.41) is 8.92. The zero-order valence-corrected chi connectivity index (χ0v) is 8.80. The van der Waals surface area contributed by atoms with Gasteiger partial charge in [-0.2, -0.15) is 0 Å². The first kappa shape index (κ1) is 9.98. The van der Waals surface area contributed by atoms with Crippen LogP contribution in [0.25, 0.3) is 0 Å². The van der Waals surface area contributed by atoms with E-state index in [-0.39, 0.29) is 6.61 Å². The lowest BCUT2D eigenvalue weighted by atomic mass is 10.4. The molecule has 2 aromatic heterocycles. The molecule has 0 spiro atoms. The van der Waals surface area contributed by atoms with E-state index >= 15 is 0 Å². The van der Waals surface area contributed by atoms with Crippen LogP contribution >= 0.6 is 0 Å². The van der Waals surface area contributed by atoms with Gasteiger partial charge >= 0.3 is 0 Å². The van der Waals surface area contributed by atoms with E-state index in [4.69, 9.17) is 5.11 Å². The summed E-state index contributed by atoms with van der Waals surface area (Å²) in [6.45, 7) is 1.00. The van der Waals surface area contributed by atoms with Gasteiger partial charge in [-0.25, -0.2) is 4.98 Å². The van der Waals surface area contributed by atoms with E-state index < -0.39 is 0 Å². The third-order valence-corrected chi connectivity index (χ3v) is 2.51. The molecular formula is C11H15N3O. The van der Waals surface area contributed by atoms with Crippen molar-refractivity contribution in [3.63, 3.8) is 0 Å². The maximum absolute atomic E-state index is 8.92. The lowest BCUT2D eigenvalue weighted by molar-refractivity contribution is 0.281. The minimum Gasteiger partial charge on any atom is -0.392 e. The summed E-state index contributed by atoms with van der Waals surface area (Å²) in [6.07, 6.45) is 8.61. The standard InChI is InChI=1S/C11H15N3O/c1-13-7-4-12-11(13)3-6-14-5-2-10(8-14)9-15/h2,4-5,7-8,15H,3,6,9H2,1H3. The molecule has 0 saturated heterocycles. The molecule has 0 atom stereocenters. The van der Waals surface area contributed by atoms with E-state index in [1.54, 1.807) is 0 Å². The van der Waals surface area contributed by atoms with Crippen molar-refractivity contribution in [1.82, 2.24) is 14.1 Å². The second kappa shape index (κ2) is 4.31. The topological polar surface area (TPSA) is 43.0 Å². The van der Waals surface area contributed by atoms with Gasteiger partial charge in [0.15, 0.2) is 0 Å². The fourth-order valence-electron chi connectivity index (χ4n) is 1.59. The third kappa shape index (κ3) is 2.27. The Balaban J connectivity index is 1.96. The first-order valence-corrected chi connectivity index (χ1v) is 5.01. The molecule has 1 N–H and O–H groups in total. The monoisotopic (exact) mass is 205 g/mol. The second-order valence-electron chi connectivity index (χ2n) is 3.62. The lowest BCUT2D eigenvalue weighted by Crippen LogP contribution is -2.03. The number of rotatable bonds is 4. The van der Waals surface area contributed by atoms with Gasteiger partial charge in [0.25, 0.3) is 0 Å². The SMILES string of the molecule is Cn1ccnc1CCn1ccc(CO)c1. The number of aliphatic hydroxyl groups is 1. The fraction of sp³-hybridized carbons (Fsp3) is 0.364. The molecule has 0 radical (unpaired) electrons. The maximum atomic E-state index is 8.92. The normalized spacial score (nSPS) is 10.8. The number of nitrogens with zero attached hydrogens (tertiary/aromatic N) is 3. The molecule has 0 aromatic carbocycles. The van der Waals surface area contributed by atoms with Crippen molar-refractivity contribution in [3.05, 3.63) is 42.2 Å². The van der Waals surface area contributed by atoms with Crippen molar-refractivity contribution < 1.29 is 5.11 Å². The van der Waals surface area contributed by atoms with Crippen LogP contribution in [0.15, 0.2) is 30.9 Å². The number of hydrogen-bond acceptors (Lipinski definition) is 2. The van der Waals surface area contributed by atoms with Crippen molar-refractivity contribution in [2.24, 2.45) is 7.05 Å². The number of aryl methyl sites for hydroxylation is 3. The molecule has 4 nitrogen and oxygen atoms in total. The molecule has 2 aromatic rings. The van der Waals surface area contributed by atoms with E-state index in [1.165, 1.54) is 0 Å². The molecule has 0 aliphatic heterocycles. The van der Waals surface area contributed by atoms with Gasteiger partial charge in [0, 0.05) is 44.8 Å². The lowest BCUT2D eigenvalue weighted by Gasteiger charge is -2.03. The second-order valence-corrected chi connectivity index (χ2v) is 3.62. The first-order valence-electron chi connectivity index (χ1n) is 5.01. The summed E-state index contributed by atoms with van der Waals surface area (Å²) < 4.78 is 4.09. The smallest absolute Gasteiger partial charge is 0.110 e. The summed E-state index contributed by atoms with van der Waals surface area (Å²) in [5.41, 5.74) is 0.954. The van der Waals surface area contributed by atoms with Crippen LogP contribution in [-0.4, -0.2) is 19.2 Å². The zero-order chi connectivity index (χ0) is 10.7. The molecule has 0 saturated carbocycles. The molecule has 0 aliphatic rings. The maximum Gasteiger partial charge on any atom is 0.110 e. The summed E-state index contributed by atoms with van der Waals surface area (Å²) in [6, 6.07) is 1.93. The largest absolute Gasteiger partial charge is 0.392 e. The minimum absolute atomic E-state index is 0.107. The van der Waals surface area contributed by atoms with Crippen LogP contribution in [0.2, 0.25) is 0 Å². The molecule has 0 fully saturated rings. The van der Waals surface area contributed by atoms with E-state index in [9.17, 15) is 0 Å². The third-order valence-electron chi connectivity index (χ3n) is 2.51. The van der Waals surface area contributed by atoms with Crippen LogP contribution in [0.1, 0.15) is 11.4 Å².